The third-order valence-electron chi connectivity index (χ3n) is 8.92. The van der Waals surface area contributed by atoms with Crippen LogP contribution in [0, 0.1) is 0 Å². The molecule has 2 aromatic rings. The van der Waals surface area contributed by atoms with Crippen LogP contribution >= 0.6 is 0 Å². The second-order valence-corrected chi connectivity index (χ2v) is 12.7. The Labute approximate surface area is 257 Å². The predicted molar refractivity (Wildman–Crippen MR) is 168 cm³/mol. The summed E-state index contributed by atoms with van der Waals surface area (Å²) in [5.41, 5.74) is 1.02. The van der Waals surface area contributed by atoms with Gasteiger partial charge in [-0.25, -0.2) is 13.8 Å². The van der Waals surface area contributed by atoms with Gasteiger partial charge >= 0.3 is 0 Å². The first-order chi connectivity index (χ1) is 20.9. The maximum absolute atomic E-state index is 14.3. The molecule has 2 fully saturated rings. The minimum atomic E-state index is -2.08. The van der Waals surface area contributed by atoms with Gasteiger partial charge in [0.2, 0.25) is 0 Å². The number of hydrogen-bond acceptors (Lipinski definition) is 6. The number of phenolic OH excluding ortho intramolecular Hbond substituents is 2. The summed E-state index contributed by atoms with van der Waals surface area (Å²) in [5.74, 6) is -1.09. The molecule has 11 heteroatoms. The fraction of sp³-hybridized carbons (Fsp3) is 0.545. The van der Waals surface area contributed by atoms with Crippen LogP contribution in [0.1, 0.15) is 99.5 Å². The molecule has 2 aliphatic heterocycles. The zero-order chi connectivity index (χ0) is 31.6. The maximum atomic E-state index is 14.3. The van der Waals surface area contributed by atoms with E-state index >= 15 is 0 Å². The van der Waals surface area contributed by atoms with Gasteiger partial charge in [0.15, 0.2) is 5.67 Å². The molecule has 1 saturated carbocycles. The normalized spacial score (nSPS) is 21.6. The highest BCUT2D eigenvalue weighted by Crippen LogP contribution is 2.43. The van der Waals surface area contributed by atoms with Crippen molar-refractivity contribution < 1.29 is 28.6 Å². The number of hydrogen-bond donors (Lipinski definition) is 5. The Morgan fingerprint density at radius 3 is 2.55 bits per heavy atom. The van der Waals surface area contributed by atoms with Crippen molar-refractivity contribution in [2.24, 2.45) is 4.99 Å². The molecular weight excluding hydrogens is 568 g/mol. The Kier molecular flexibility index (Phi) is 9.31. The van der Waals surface area contributed by atoms with Crippen LogP contribution in [0.3, 0.4) is 0 Å². The number of amides is 2. The fourth-order valence-electron chi connectivity index (χ4n) is 6.31. The van der Waals surface area contributed by atoms with Crippen LogP contribution in [-0.4, -0.2) is 58.8 Å². The van der Waals surface area contributed by atoms with Crippen molar-refractivity contribution in [1.29, 1.82) is 0 Å². The highest BCUT2D eigenvalue weighted by atomic mass is 19.1. The molecule has 2 aromatic carbocycles. The van der Waals surface area contributed by atoms with Crippen molar-refractivity contribution in [3.05, 3.63) is 41.0 Å². The number of benzene rings is 2. The number of carbonyl (C=O) groups excluding carboxylic acids is 2. The number of aromatic hydroxyl groups is 2. The van der Waals surface area contributed by atoms with E-state index in [1.807, 2.05) is 17.0 Å². The molecule has 1 saturated heterocycles. The van der Waals surface area contributed by atoms with Crippen molar-refractivity contribution in [3.63, 3.8) is 0 Å². The van der Waals surface area contributed by atoms with Gasteiger partial charge in [0, 0.05) is 43.3 Å². The van der Waals surface area contributed by atoms with Gasteiger partial charge in [0.1, 0.15) is 29.2 Å². The van der Waals surface area contributed by atoms with Gasteiger partial charge in [0.05, 0.1) is 11.3 Å². The van der Waals surface area contributed by atoms with Crippen LogP contribution in [-0.2, 0) is 11.3 Å². The molecule has 44 heavy (non-hydrogen) atoms. The molecule has 5 rings (SSSR count). The van der Waals surface area contributed by atoms with Crippen molar-refractivity contribution in [1.82, 2.24) is 10.6 Å². The number of aliphatic imine (C=N–C) groups is 1. The Bertz CT molecular complexity index is 1430. The number of anilines is 2. The second-order valence-electron chi connectivity index (χ2n) is 12.7. The van der Waals surface area contributed by atoms with Gasteiger partial charge in [-0.2, -0.15) is 0 Å². The Morgan fingerprint density at radius 1 is 1.14 bits per heavy atom. The molecule has 0 aromatic heterocycles. The number of nitrogens with zero attached hydrogens (tertiary/aromatic N) is 2. The lowest BCUT2D eigenvalue weighted by atomic mass is 9.86. The molecule has 238 valence electrons. The lowest BCUT2D eigenvalue weighted by molar-refractivity contribution is -0.130. The van der Waals surface area contributed by atoms with Crippen LogP contribution in [0.4, 0.5) is 25.8 Å². The van der Waals surface area contributed by atoms with Crippen molar-refractivity contribution in [3.8, 4) is 11.5 Å². The summed E-state index contributed by atoms with van der Waals surface area (Å²) in [5, 5.41) is 30.5. The van der Waals surface area contributed by atoms with Crippen LogP contribution < -0.4 is 20.9 Å². The van der Waals surface area contributed by atoms with Gasteiger partial charge in [-0.05, 0) is 75.3 Å². The largest absolute Gasteiger partial charge is 0.506 e. The first-order valence-corrected chi connectivity index (χ1v) is 15.7. The molecule has 0 radical (unpaired) electrons. The summed E-state index contributed by atoms with van der Waals surface area (Å²) < 4.78 is 28.3. The van der Waals surface area contributed by atoms with Crippen molar-refractivity contribution >= 4 is 34.7 Å². The zero-order valence-electron chi connectivity index (χ0n) is 25.7. The zero-order valence-corrected chi connectivity index (χ0v) is 25.7. The first-order valence-electron chi connectivity index (χ1n) is 15.7. The van der Waals surface area contributed by atoms with E-state index in [2.05, 4.69) is 27.9 Å². The summed E-state index contributed by atoms with van der Waals surface area (Å²) in [6.45, 7) is 4.98. The summed E-state index contributed by atoms with van der Waals surface area (Å²) >= 11 is 0. The molecule has 0 spiro atoms. The average molecular weight is 612 g/mol. The lowest BCUT2D eigenvalue weighted by Crippen LogP contribution is -2.38. The lowest BCUT2D eigenvalue weighted by Gasteiger charge is -2.31. The van der Waals surface area contributed by atoms with E-state index in [-0.39, 0.29) is 53.7 Å². The number of alkyl halides is 2. The van der Waals surface area contributed by atoms with E-state index < -0.39 is 17.7 Å². The molecule has 0 bridgehead atoms. The number of phenols is 2. The molecule has 2 unspecified atom stereocenters. The topological polar surface area (TPSA) is 126 Å². The van der Waals surface area contributed by atoms with E-state index in [9.17, 15) is 28.6 Å². The highest BCUT2D eigenvalue weighted by molar-refractivity contribution is 6.06. The minimum Gasteiger partial charge on any atom is -0.506 e. The molecule has 1 aliphatic carbocycles. The van der Waals surface area contributed by atoms with Gasteiger partial charge in [0.25, 0.3) is 11.8 Å². The van der Waals surface area contributed by atoms with E-state index in [0.29, 0.717) is 36.5 Å². The number of carbonyl (C=O) groups is 2. The summed E-state index contributed by atoms with van der Waals surface area (Å²) in [4.78, 5) is 32.2. The Hall–Kier alpha value is -3.89. The van der Waals surface area contributed by atoms with Gasteiger partial charge in [-0.3, -0.25) is 9.59 Å². The van der Waals surface area contributed by atoms with Gasteiger partial charge in [-0.1, -0.05) is 26.2 Å². The summed E-state index contributed by atoms with van der Waals surface area (Å²) in [6, 6.07) is 6.74. The molecule has 3 aliphatic rings. The molecular formula is C33H43F2N5O4. The van der Waals surface area contributed by atoms with Crippen LogP contribution in [0.25, 0.3) is 0 Å². The van der Waals surface area contributed by atoms with E-state index in [1.54, 1.807) is 0 Å². The number of fused-ring (bicyclic) bond motifs is 1. The third kappa shape index (κ3) is 6.92. The standard InChI is InChI=1S/C33H43F2N5O4/c1-4-19-14-28(39-29-27(41)11-10-20(30(29)42)17-36-32(44)33(2,3)35)38-25-15-24(31(43)37-22-8-6-5-7-9-22)26(16-23(19)25)40-13-12-21(34)18-40/h10-11,15-16,19,21-22,41-42H,4-9,12-14,17-18H2,1-3H3,(H,36,44)(H,37,43)(H,38,39). The molecule has 2 atom stereocenters. The molecule has 5 N–H and O–H groups in total. The third-order valence-corrected chi connectivity index (χ3v) is 8.92. The van der Waals surface area contributed by atoms with Crippen LogP contribution in [0.15, 0.2) is 29.3 Å². The van der Waals surface area contributed by atoms with Crippen LogP contribution in [0.2, 0.25) is 0 Å². The number of nitrogens with one attached hydrogen (secondary N) is 3. The number of halogens is 2. The summed E-state index contributed by atoms with van der Waals surface area (Å²) in [7, 11) is 0. The van der Waals surface area contributed by atoms with Crippen molar-refractivity contribution in [2.45, 2.75) is 102 Å². The monoisotopic (exact) mass is 611 g/mol. The molecule has 9 nitrogen and oxygen atoms in total. The first kappa shape index (κ1) is 31.5. The average Bonchev–Trinajstić information content (AvgIpc) is 3.43. The quantitative estimate of drug-likeness (QED) is 0.245. The maximum Gasteiger partial charge on any atom is 0.257 e. The molecule has 2 heterocycles. The predicted octanol–water partition coefficient (Wildman–Crippen LogP) is 6.11. The Balaban J connectivity index is 1.47. The van der Waals surface area contributed by atoms with Crippen molar-refractivity contribution in [2.75, 3.05) is 23.3 Å². The number of rotatable bonds is 8. The smallest absolute Gasteiger partial charge is 0.257 e. The van der Waals surface area contributed by atoms with Gasteiger partial charge < -0.3 is 31.1 Å². The second kappa shape index (κ2) is 13.0. The minimum absolute atomic E-state index is 0.0153. The molecule has 2 amide bonds. The number of amidine groups is 1. The SMILES string of the molecule is CCC1CC(=Nc2c(O)ccc(CNC(=O)C(C)(C)F)c2O)Nc2cc(C(=O)NC3CCCCC3)c(N3CCC(F)C3)cc21. The fourth-order valence-corrected chi connectivity index (χ4v) is 6.31. The van der Waals surface area contributed by atoms with E-state index in [4.69, 9.17) is 0 Å². The summed E-state index contributed by atoms with van der Waals surface area (Å²) in [6.07, 6.45) is 5.93. The van der Waals surface area contributed by atoms with Crippen LogP contribution in [0.5, 0.6) is 11.5 Å². The van der Waals surface area contributed by atoms with E-state index in [1.165, 1.54) is 18.6 Å². The van der Waals surface area contributed by atoms with E-state index in [0.717, 1.165) is 57.2 Å². The van der Waals surface area contributed by atoms with Gasteiger partial charge in [-0.15, -0.1) is 0 Å². The Morgan fingerprint density at radius 2 is 1.89 bits per heavy atom. The highest BCUT2D eigenvalue weighted by Gasteiger charge is 2.32.